The minimum absolute atomic E-state index is 0.0530. The summed E-state index contributed by atoms with van der Waals surface area (Å²) < 4.78 is 19.9. The van der Waals surface area contributed by atoms with Gasteiger partial charge in [0, 0.05) is 44.2 Å². The number of morpholine rings is 1. The van der Waals surface area contributed by atoms with E-state index in [0.717, 1.165) is 51.3 Å². The second-order valence-corrected chi connectivity index (χ2v) is 8.07. The molecule has 28 heavy (non-hydrogen) atoms. The van der Waals surface area contributed by atoms with Crippen LogP contribution in [0.5, 0.6) is 0 Å². The summed E-state index contributed by atoms with van der Waals surface area (Å²) in [5, 5.41) is 10.5. The summed E-state index contributed by atoms with van der Waals surface area (Å²) in [7, 11) is 0. The first-order valence-corrected chi connectivity index (χ1v) is 10.3. The van der Waals surface area contributed by atoms with Gasteiger partial charge in [-0.05, 0) is 30.9 Å². The fraction of sp³-hybridized carbons (Fsp3) is 0.591. The lowest BCUT2D eigenvalue weighted by Gasteiger charge is -2.37. The van der Waals surface area contributed by atoms with Gasteiger partial charge in [-0.3, -0.25) is 14.6 Å². The van der Waals surface area contributed by atoms with Crippen molar-refractivity contribution in [3.8, 4) is 0 Å². The standard InChI is InChI=1S/C22H29FN2O3/c23-19-4-2-1-3-18(19)21(22(27)16-5-6-16)25-10-8-20(26)17(15-25)7-9-24-11-13-28-14-12-24/h1-4,7,16,20-21,26H,5-6,8-15H2. The number of ether oxygens (including phenoxy) is 1. The summed E-state index contributed by atoms with van der Waals surface area (Å²) in [4.78, 5) is 17.4. The zero-order valence-corrected chi connectivity index (χ0v) is 16.2. The molecule has 2 heterocycles. The van der Waals surface area contributed by atoms with E-state index in [9.17, 15) is 14.3 Å². The second kappa shape index (κ2) is 8.82. The molecule has 2 atom stereocenters. The highest BCUT2D eigenvalue weighted by molar-refractivity contribution is 5.89. The highest BCUT2D eigenvalue weighted by atomic mass is 19.1. The van der Waals surface area contributed by atoms with Gasteiger partial charge in [-0.1, -0.05) is 24.3 Å². The Morgan fingerprint density at radius 2 is 1.96 bits per heavy atom. The molecule has 3 fully saturated rings. The molecule has 2 saturated heterocycles. The number of ketones is 1. The molecule has 1 N–H and O–H groups in total. The zero-order valence-electron chi connectivity index (χ0n) is 16.2. The molecule has 5 nitrogen and oxygen atoms in total. The normalized spacial score (nSPS) is 27.1. The van der Waals surface area contributed by atoms with Crippen LogP contribution in [0, 0.1) is 11.7 Å². The van der Waals surface area contributed by atoms with Gasteiger partial charge in [-0.15, -0.1) is 0 Å². The quantitative estimate of drug-likeness (QED) is 0.757. The van der Waals surface area contributed by atoms with Crippen molar-refractivity contribution in [3.05, 3.63) is 47.3 Å². The highest BCUT2D eigenvalue weighted by Crippen LogP contribution is 2.39. The molecule has 6 heteroatoms. The van der Waals surface area contributed by atoms with Crippen LogP contribution in [-0.2, 0) is 9.53 Å². The maximum absolute atomic E-state index is 14.5. The van der Waals surface area contributed by atoms with E-state index in [4.69, 9.17) is 4.74 Å². The monoisotopic (exact) mass is 388 g/mol. The van der Waals surface area contributed by atoms with Crippen molar-refractivity contribution < 1.29 is 19.0 Å². The molecule has 0 radical (unpaired) electrons. The number of benzene rings is 1. The number of likely N-dealkylation sites (tertiary alicyclic amines) is 1. The Kier molecular flexibility index (Phi) is 6.21. The topological polar surface area (TPSA) is 53.0 Å². The molecule has 0 bridgehead atoms. The molecule has 0 amide bonds. The van der Waals surface area contributed by atoms with Crippen molar-refractivity contribution >= 4 is 5.78 Å². The van der Waals surface area contributed by atoms with Crippen LogP contribution in [0.3, 0.4) is 0 Å². The van der Waals surface area contributed by atoms with Crippen LogP contribution in [0.2, 0.25) is 0 Å². The van der Waals surface area contributed by atoms with Crippen LogP contribution in [0.4, 0.5) is 4.39 Å². The van der Waals surface area contributed by atoms with E-state index in [2.05, 4.69) is 15.9 Å². The van der Waals surface area contributed by atoms with Crippen LogP contribution in [0.15, 0.2) is 35.9 Å². The Hall–Kier alpha value is -1.60. The van der Waals surface area contributed by atoms with Gasteiger partial charge in [0.15, 0.2) is 5.78 Å². The predicted octanol–water partition coefficient (Wildman–Crippen LogP) is 2.17. The molecule has 4 rings (SSSR count). The van der Waals surface area contributed by atoms with Gasteiger partial charge < -0.3 is 9.84 Å². The van der Waals surface area contributed by atoms with Crippen molar-refractivity contribution in [3.63, 3.8) is 0 Å². The van der Waals surface area contributed by atoms with E-state index < -0.39 is 12.1 Å². The minimum atomic E-state index is -0.562. The molecule has 2 unspecified atom stereocenters. The van der Waals surface area contributed by atoms with E-state index in [-0.39, 0.29) is 17.5 Å². The molecule has 0 spiro atoms. The third-order valence-corrected chi connectivity index (χ3v) is 6.03. The van der Waals surface area contributed by atoms with Crippen molar-refractivity contribution in [2.24, 2.45) is 5.92 Å². The number of hydrogen-bond acceptors (Lipinski definition) is 5. The zero-order chi connectivity index (χ0) is 19.5. The molecule has 1 aliphatic carbocycles. The van der Waals surface area contributed by atoms with Crippen molar-refractivity contribution in [2.75, 3.05) is 45.9 Å². The summed E-state index contributed by atoms with van der Waals surface area (Å²) in [6.45, 7) is 5.12. The Balaban J connectivity index is 1.53. The van der Waals surface area contributed by atoms with E-state index in [1.54, 1.807) is 18.2 Å². The van der Waals surface area contributed by atoms with E-state index >= 15 is 0 Å². The molecule has 2 aliphatic heterocycles. The average molecular weight is 388 g/mol. The van der Waals surface area contributed by atoms with E-state index in [1.165, 1.54) is 6.07 Å². The van der Waals surface area contributed by atoms with Crippen molar-refractivity contribution in [1.82, 2.24) is 9.80 Å². The second-order valence-electron chi connectivity index (χ2n) is 8.07. The van der Waals surface area contributed by atoms with Gasteiger partial charge in [0.25, 0.3) is 0 Å². The summed E-state index contributed by atoms with van der Waals surface area (Å²) in [6.07, 6.45) is 3.97. The lowest BCUT2D eigenvalue weighted by Crippen LogP contribution is -2.44. The van der Waals surface area contributed by atoms with Crippen LogP contribution < -0.4 is 0 Å². The minimum Gasteiger partial charge on any atom is -0.389 e. The molecule has 152 valence electrons. The number of Topliss-reactive ketones (excluding diaryl/α,β-unsaturated/α-hetero) is 1. The summed E-state index contributed by atoms with van der Waals surface area (Å²) in [5.41, 5.74) is 1.39. The molecule has 1 saturated carbocycles. The van der Waals surface area contributed by atoms with Crippen LogP contribution in [-0.4, -0.2) is 72.7 Å². The fourth-order valence-electron chi connectivity index (χ4n) is 4.16. The van der Waals surface area contributed by atoms with Crippen LogP contribution in [0.25, 0.3) is 0 Å². The summed E-state index contributed by atoms with van der Waals surface area (Å²) in [5.74, 6) is -0.155. The van der Waals surface area contributed by atoms with Gasteiger partial charge in [-0.2, -0.15) is 0 Å². The molecule has 1 aromatic rings. The van der Waals surface area contributed by atoms with Crippen LogP contribution >= 0.6 is 0 Å². The maximum atomic E-state index is 14.5. The highest BCUT2D eigenvalue weighted by Gasteiger charge is 2.40. The SMILES string of the molecule is O=C(C1CC1)C(c1ccccc1F)N1CCC(O)C(=CCN2CCOCC2)C1. The Morgan fingerprint density at radius 3 is 2.68 bits per heavy atom. The Morgan fingerprint density at radius 1 is 1.21 bits per heavy atom. The number of nitrogens with zero attached hydrogens (tertiary/aromatic N) is 2. The molecule has 0 aromatic heterocycles. The lowest BCUT2D eigenvalue weighted by atomic mass is 9.92. The Bertz CT molecular complexity index is 728. The van der Waals surface area contributed by atoms with Gasteiger partial charge in [-0.25, -0.2) is 4.39 Å². The average Bonchev–Trinajstić information content (AvgIpc) is 3.56. The van der Waals surface area contributed by atoms with Gasteiger partial charge in [0.05, 0.1) is 25.4 Å². The number of aliphatic hydroxyl groups excluding tert-OH is 1. The third kappa shape index (κ3) is 4.51. The van der Waals surface area contributed by atoms with Crippen LogP contribution in [0.1, 0.15) is 30.9 Å². The van der Waals surface area contributed by atoms with Crippen molar-refractivity contribution in [2.45, 2.75) is 31.4 Å². The number of carbonyl (C=O) groups excluding carboxylic acids is 1. The predicted molar refractivity (Wildman–Crippen MR) is 104 cm³/mol. The largest absolute Gasteiger partial charge is 0.389 e. The first-order chi connectivity index (χ1) is 13.6. The first kappa shape index (κ1) is 19.7. The number of piperidine rings is 1. The smallest absolute Gasteiger partial charge is 0.157 e. The number of aliphatic hydroxyl groups is 1. The van der Waals surface area contributed by atoms with Gasteiger partial charge >= 0.3 is 0 Å². The number of rotatable bonds is 6. The number of halogens is 1. The molecular formula is C22H29FN2O3. The fourth-order valence-corrected chi connectivity index (χ4v) is 4.16. The van der Waals surface area contributed by atoms with Gasteiger partial charge in [0.1, 0.15) is 5.82 Å². The number of hydrogen-bond donors (Lipinski definition) is 1. The lowest BCUT2D eigenvalue weighted by molar-refractivity contribution is -0.126. The van der Waals surface area contributed by atoms with Crippen molar-refractivity contribution in [1.29, 1.82) is 0 Å². The maximum Gasteiger partial charge on any atom is 0.157 e. The summed E-state index contributed by atoms with van der Waals surface area (Å²) >= 11 is 0. The molecule has 1 aromatic carbocycles. The van der Waals surface area contributed by atoms with Gasteiger partial charge in [0.2, 0.25) is 0 Å². The molecule has 3 aliphatic rings. The first-order valence-electron chi connectivity index (χ1n) is 10.3. The third-order valence-electron chi connectivity index (χ3n) is 6.03. The summed E-state index contributed by atoms with van der Waals surface area (Å²) in [6, 6.07) is 6.04. The number of carbonyl (C=O) groups is 1. The Labute approximate surface area is 165 Å². The van der Waals surface area contributed by atoms with E-state index in [1.807, 2.05) is 0 Å². The molecular weight excluding hydrogens is 359 g/mol. The van der Waals surface area contributed by atoms with E-state index in [0.29, 0.717) is 25.1 Å².